The van der Waals surface area contributed by atoms with E-state index in [0.717, 1.165) is 5.56 Å². The largest absolute Gasteiger partial charge is 0.504 e. The number of rotatable bonds is 7. The van der Waals surface area contributed by atoms with E-state index >= 15 is 0 Å². The summed E-state index contributed by atoms with van der Waals surface area (Å²) in [6.07, 6.45) is -7.30. The molecule has 1 fully saturated rings. The number of methoxy groups -OCH3 is 1. The van der Waals surface area contributed by atoms with Gasteiger partial charge in [0.05, 0.1) is 19.1 Å². The fourth-order valence-corrected chi connectivity index (χ4v) is 3.52. The molecule has 4 rings (SSSR count). The summed E-state index contributed by atoms with van der Waals surface area (Å²) in [6.45, 7) is -0.600. The maximum atomic E-state index is 12.4. The van der Waals surface area contributed by atoms with Gasteiger partial charge < -0.3 is 48.9 Å². The predicted molar refractivity (Wildman–Crippen MR) is 116 cm³/mol. The van der Waals surface area contributed by atoms with Crippen molar-refractivity contribution in [3.8, 4) is 23.0 Å². The minimum absolute atomic E-state index is 0.00608. The number of benzene rings is 2. The molecule has 1 aliphatic rings. The maximum Gasteiger partial charge on any atom is 0.383 e. The van der Waals surface area contributed by atoms with Crippen LogP contribution in [-0.4, -0.2) is 70.0 Å². The van der Waals surface area contributed by atoms with Crippen molar-refractivity contribution >= 4 is 11.0 Å². The lowest BCUT2D eigenvalue weighted by atomic mass is 9.99. The van der Waals surface area contributed by atoms with Gasteiger partial charge in [0.1, 0.15) is 48.1 Å². The number of aliphatic hydroxyl groups is 4. The predicted octanol–water partition coefficient (Wildman–Crippen LogP) is 0.265. The standard InChI is InChI=1S/C23H24O11/c1-30-12-4-2-11(3-5-12)10-31-21-17(25)14-7-6-13(8-15(14)33-22(21)29)32-23-20(28)19(27)18(26)16(9-24)34-23/h2-8,16,18-20,23-28H,9-10H2,1H3/t16-,18+,19+,20-,23-/m1/s1. The average molecular weight is 476 g/mol. The molecular weight excluding hydrogens is 452 g/mol. The van der Waals surface area contributed by atoms with Crippen LogP contribution in [0.1, 0.15) is 5.56 Å². The first-order valence-corrected chi connectivity index (χ1v) is 10.3. The number of aromatic hydroxyl groups is 1. The highest BCUT2D eigenvalue weighted by Crippen LogP contribution is 2.34. The van der Waals surface area contributed by atoms with E-state index in [0.29, 0.717) is 5.75 Å². The Hall–Kier alpha value is -3.35. The summed E-state index contributed by atoms with van der Waals surface area (Å²) < 4.78 is 26.7. The van der Waals surface area contributed by atoms with Crippen LogP contribution < -0.4 is 19.8 Å². The number of ether oxygens (including phenoxy) is 4. The lowest BCUT2D eigenvalue weighted by molar-refractivity contribution is -0.277. The second kappa shape index (κ2) is 9.87. The lowest BCUT2D eigenvalue weighted by Gasteiger charge is -2.39. The van der Waals surface area contributed by atoms with Crippen molar-refractivity contribution in [3.63, 3.8) is 0 Å². The molecule has 2 heterocycles. The molecule has 0 radical (unpaired) electrons. The zero-order valence-corrected chi connectivity index (χ0v) is 18.0. The van der Waals surface area contributed by atoms with Crippen molar-refractivity contribution < 1.29 is 48.9 Å². The van der Waals surface area contributed by atoms with Crippen molar-refractivity contribution in [1.29, 1.82) is 0 Å². The quantitative estimate of drug-likeness (QED) is 0.297. The van der Waals surface area contributed by atoms with Gasteiger partial charge in [0.25, 0.3) is 0 Å². The van der Waals surface area contributed by atoms with E-state index in [1.54, 1.807) is 31.4 Å². The summed E-state index contributed by atoms with van der Waals surface area (Å²) >= 11 is 0. The molecule has 1 aromatic heterocycles. The second-order valence-electron chi connectivity index (χ2n) is 7.68. The molecule has 11 nitrogen and oxygen atoms in total. The SMILES string of the molecule is COc1ccc(COc2c(O)c3ccc(O[C@@H]4O[C@H](CO)[C@H](O)[C@H](O)[C@H]4O)cc3oc2=O)cc1. The highest BCUT2D eigenvalue weighted by Gasteiger charge is 2.44. The third kappa shape index (κ3) is 4.65. The first-order chi connectivity index (χ1) is 16.3. The zero-order valence-electron chi connectivity index (χ0n) is 18.0. The van der Waals surface area contributed by atoms with E-state index in [1.807, 2.05) is 0 Å². The van der Waals surface area contributed by atoms with Gasteiger partial charge in [-0.1, -0.05) is 12.1 Å². The van der Waals surface area contributed by atoms with Crippen LogP contribution in [0.4, 0.5) is 0 Å². The van der Waals surface area contributed by atoms with Crippen molar-refractivity contribution in [1.82, 2.24) is 0 Å². The van der Waals surface area contributed by atoms with E-state index in [2.05, 4.69) is 0 Å². The minimum atomic E-state index is -1.61. The Bertz CT molecular complexity index is 1190. The van der Waals surface area contributed by atoms with E-state index in [4.69, 9.17) is 23.4 Å². The van der Waals surface area contributed by atoms with Crippen molar-refractivity contribution in [2.75, 3.05) is 13.7 Å². The molecule has 1 saturated heterocycles. The monoisotopic (exact) mass is 476 g/mol. The van der Waals surface area contributed by atoms with Crippen LogP contribution in [-0.2, 0) is 11.3 Å². The van der Waals surface area contributed by atoms with Gasteiger partial charge in [-0.05, 0) is 29.8 Å². The third-order valence-electron chi connectivity index (χ3n) is 5.45. The van der Waals surface area contributed by atoms with Gasteiger partial charge >= 0.3 is 5.63 Å². The molecule has 11 heteroatoms. The molecule has 0 saturated carbocycles. The molecule has 1 aliphatic heterocycles. The topological polar surface area (TPSA) is 168 Å². The summed E-state index contributed by atoms with van der Waals surface area (Å²) in [5, 5.41) is 49.9. The maximum absolute atomic E-state index is 12.4. The van der Waals surface area contributed by atoms with Crippen LogP contribution in [0.5, 0.6) is 23.0 Å². The number of fused-ring (bicyclic) bond motifs is 1. The summed E-state index contributed by atoms with van der Waals surface area (Å²) in [6, 6.07) is 11.1. The lowest BCUT2D eigenvalue weighted by Crippen LogP contribution is -2.60. The van der Waals surface area contributed by atoms with Crippen molar-refractivity contribution in [3.05, 3.63) is 58.4 Å². The highest BCUT2D eigenvalue weighted by atomic mass is 16.7. The summed E-state index contributed by atoms with van der Waals surface area (Å²) in [5.74, 6) is -0.0325. The molecule has 182 valence electrons. The first-order valence-electron chi connectivity index (χ1n) is 10.3. The molecule has 0 unspecified atom stereocenters. The van der Waals surface area contributed by atoms with Crippen molar-refractivity contribution in [2.45, 2.75) is 37.3 Å². The minimum Gasteiger partial charge on any atom is -0.504 e. The van der Waals surface area contributed by atoms with E-state index < -0.39 is 48.7 Å². The van der Waals surface area contributed by atoms with E-state index in [-0.39, 0.29) is 29.1 Å². The van der Waals surface area contributed by atoms with Crippen LogP contribution in [0.3, 0.4) is 0 Å². The van der Waals surface area contributed by atoms with Gasteiger partial charge in [-0.25, -0.2) is 4.79 Å². The Kier molecular flexibility index (Phi) is 6.91. The molecule has 5 atom stereocenters. The highest BCUT2D eigenvalue weighted by molar-refractivity contribution is 5.86. The zero-order chi connectivity index (χ0) is 24.4. The Morgan fingerprint density at radius 3 is 2.35 bits per heavy atom. The molecule has 0 spiro atoms. The second-order valence-corrected chi connectivity index (χ2v) is 7.68. The number of hydrogen-bond donors (Lipinski definition) is 5. The van der Waals surface area contributed by atoms with Gasteiger partial charge in [-0.2, -0.15) is 0 Å². The van der Waals surface area contributed by atoms with Gasteiger partial charge in [-0.15, -0.1) is 0 Å². The summed E-state index contributed by atoms with van der Waals surface area (Å²) in [7, 11) is 1.55. The Morgan fingerprint density at radius 1 is 0.971 bits per heavy atom. The van der Waals surface area contributed by atoms with Crippen molar-refractivity contribution in [2.24, 2.45) is 0 Å². The smallest absolute Gasteiger partial charge is 0.383 e. The molecule has 0 amide bonds. The fraction of sp³-hybridized carbons (Fsp3) is 0.348. The normalized spacial score (nSPS) is 24.7. The van der Waals surface area contributed by atoms with Gasteiger partial charge in [0.2, 0.25) is 12.0 Å². The Morgan fingerprint density at radius 2 is 1.68 bits per heavy atom. The molecule has 0 aliphatic carbocycles. The number of hydrogen-bond acceptors (Lipinski definition) is 11. The fourth-order valence-electron chi connectivity index (χ4n) is 3.52. The van der Waals surface area contributed by atoms with Crippen LogP contribution in [0.15, 0.2) is 51.7 Å². The molecule has 5 N–H and O–H groups in total. The van der Waals surface area contributed by atoms with Crippen LogP contribution in [0.25, 0.3) is 11.0 Å². The average Bonchev–Trinajstić information content (AvgIpc) is 2.84. The first kappa shape index (κ1) is 23.8. The Labute approximate surface area is 192 Å². The van der Waals surface area contributed by atoms with Gasteiger partial charge in [0, 0.05) is 6.07 Å². The molecule has 3 aromatic rings. The van der Waals surface area contributed by atoms with Crippen LogP contribution >= 0.6 is 0 Å². The summed E-state index contributed by atoms with van der Waals surface area (Å²) in [4.78, 5) is 12.4. The summed E-state index contributed by atoms with van der Waals surface area (Å²) in [5.41, 5.74) is -0.201. The molecule has 34 heavy (non-hydrogen) atoms. The third-order valence-corrected chi connectivity index (χ3v) is 5.45. The molecule has 2 aromatic carbocycles. The van der Waals surface area contributed by atoms with E-state index in [1.165, 1.54) is 18.2 Å². The Balaban J connectivity index is 1.53. The molecular formula is C23H24O11. The van der Waals surface area contributed by atoms with E-state index in [9.17, 15) is 30.3 Å². The van der Waals surface area contributed by atoms with Gasteiger partial charge in [0.15, 0.2) is 5.75 Å². The van der Waals surface area contributed by atoms with Gasteiger partial charge in [-0.3, -0.25) is 0 Å². The van der Waals surface area contributed by atoms with Crippen LogP contribution in [0.2, 0.25) is 0 Å². The molecule has 0 bridgehead atoms. The number of aliphatic hydroxyl groups excluding tert-OH is 4. The van der Waals surface area contributed by atoms with Crippen LogP contribution in [0, 0.1) is 0 Å².